The minimum Gasteiger partial charge on any atom is -0.493 e. The summed E-state index contributed by atoms with van der Waals surface area (Å²) >= 11 is 0. The minimum atomic E-state index is -3.66. The fraction of sp³-hybridized carbons (Fsp3) is 0.208. The average molecular weight is 452 g/mol. The molecule has 0 unspecified atom stereocenters. The summed E-state index contributed by atoms with van der Waals surface area (Å²) in [6.07, 6.45) is 0. The Balaban J connectivity index is 1.47. The molecule has 0 fully saturated rings. The van der Waals surface area contributed by atoms with Gasteiger partial charge in [-0.3, -0.25) is 0 Å². The van der Waals surface area contributed by atoms with Gasteiger partial charge in [0.05, 0.1) is 30.1 Å². The molecule has 0 aliphatic rings. The smallest absolute Gasteiger partial charge is 0.240 e. The molecule has 0 amide bonds. The van der Waals surface area contributed by atoms with Crippen LogP contribution in [-0.2, 0) is 23.1 Å². The number of hydrogen-bond donors (Lipinski definition) is 1. The molecule has 0 aliphatic carbocycles. The van der Waals surface area contributed by atoms with E-state index in [1.54, 1.807) is 44.6 Å². The van der Waals surface area contributed by atoms with Gasteiger partial charge in [-0.1, -0.05) is 30.3 Å². The summed E-state index contributed by atoms with van der Waals surface area (Å²) in [6, 6.07) is 20.2. The van der Waals surface area contributed by atoms with Crippen molar-refractivity contribution in [1.29, 1.82) is 0 Å². The van der Waals surface area contributed by atoms with Crippen LogP contribution in [0.2, 0.25) is 0 Å². The molecule has 7 nitrogen and oxygen atoms in total. The number of hydrogen-bond acceptors (Lipinski definition) is 5. The molecule has 1 heterocycles. The van der Waals surface area contributed by atoms with Crippen molar-refractivity contribution < 1.29 is 17.9 Å². The van der Waals surface area contributed by atoms with Gasteiger partial charge in [-0.05, 0) is 54.4 Å². The van der Waals surface area contributed by atoms with Crippen molar-refractivity contribution in [2.75, 3.05) is 14.2 Å². The Hall–Kier alpha value is -3.36. The SMILES string of the molecule is COc1ccc(CNS(=O)(=O)c2ccc(Cn3c(C)nc4ccccc43)cc2)cc1OC. The predicted octanol–water partition coefficient (Wildman–Crippen LogP) is 3.89. The van der Waals surface area contributed by atoms with E-state index in [2.05, 4.69) is 14.3 Å². The Kier molecular flexibility index (Phi) is 6.16. The van der Waals surface area contributed by atoms with Crippen molar-refractivity contribution in [2.45, 2.75) is 24.9 Å². The Morgan fingerprint density at radius 1 is 0.906 bits per heavy atom. The summed E-state index contributed by atoms with van der Waals surface area (Å²) in [6.45, 7) is 2.73. The molecule has 3 aromatic carbocycles. The molecule has 1 N–H and O–H groups in total. The summed E-state index contributed by atoms with van der Waals surface area (Å²) in [7, 11) is -0.557. The summed E-state index contributed by atoms with van der Waals surface area (Å²) in [5.74, 6) is 2.06. The Morgan fingerprint density at radius 2 is 1.59 bits per heavy atom. The molecular weight excluding hydrogens is 426 g/mol. The number of rotatable bonds is 8. The molecule has 4 rings (SSSR count). The first-order chi connectivity index (χ1) is 15.4. The molecule has 1 aromatic heterocycles. The lowest BCUT2D eigenvalue weighted by atomic mass is 10.2. The Morgan fingerprint density at radius 3 is 2.31 bits per heavy atom. The number of imidazole rings is 1. The number of methoxy groups -OCH3 is 2. The number of sulfonamides is 1. The summed E-state index contributed by atoms with van der Waals surface area (Å²) in [5.41, 5.74) is 3.77. The summed E-state index contributed by atoms with van der Waals surface area (Å²) in [5, 5.41) is 0. The molecule has 4 aromatic rings. The van der Waals surface area contributed by atoms with Crippen LogP contribution in [0.15, 0.2) is 71.6 Å². The van der Waals surface area contributed by atoms with Crippen LogP contribution in [0.4, 0.5) is 0 Å². The third-order valence-electron chi connectivity index (χ3n) is 5.33. The first-order valence-corrected chi connectivity index (χ1v) is 11.6. The van der Waals surface area contributed by atoms with E-state index in [1.807, 2.05) is 43.3 Å². The fourth-order valence-electron chi connectivity index (χ4n) is 3.60. The van der Waals surface area contributed by atoms with Gasteiger partial charge >= 0.3 is 0 Å². The zero-order valence-corrected chi connectivity index (χ0v) is 19.0. The van der Waals surface area contributed by atoms with Gasteiger partial charge in [0.1, 0.15) is 5.82 Å². The normalized spacial score (nSPS) is 11.6. The average Bonchev–Trinajstić information content (AvgIpc) is 3.13. The molecule has 0 saturated heterocycles. The first-order valence-electron chi connectivity index (χ1n) is 10.1. The molecule has 0 spiro atoms. The molecule has 0 aliphatic heterocycles. The van der Waals surface area contributed by atoms with Gasteiger partial charge in [0.2, 0.25) is 10.0 Å². The van der Waals surface area contributed by atoms with Crippen LogP contribution in [0.1, 0.15) is 17.0 Å². The van der Waals surface area contributed by atoms with Gasteiger partial charge in [-0.25, -0.2) is 18.1 Å². The van der Waals surface area contributed by atoms with Crippen molar-refractivity contribution >= 4 is 21.1 Å². The first kappa shape index (κ1) is 21.9. The molecule has 0 radical (unpaired) electrons. The van der Waals surface area contributed by atoms with Gasteiger partial charge in [-0.15, -0.1) is 0 Å². The van der Waals surface area contributed by atoms with E-state index in [0.29, 0.717) is 18.0 Å². The van der Waals surface area contributed by atoms with Crippen molar-refractivity contribution in [3.05, 3.63) is 83.7 Å². The van der Waals surface area contributed by atoms with Gasteiger partial charge in [0.15, 0.2) is 11.5 Å². The highest BCUT2D eigenvalue weighted by atomic mass is 32.2. The number of aryl methyl sites for hydroxylation is 1. The Labute approximate surface area is 187 Å². The lowest BCUT2D eigenvalue weighted by Gasteiger charge is -2.11. The third kappa shape index (κ3) is 4.46. The van der Waals surface area contributed by atoms with Gasteiger partial charge in [0.25, 0.3) is 0 Å². The summed E-state index contributed by atoms with van der Waals surface area (Å²) in [4.78, 5) is 4.80. The monoisotopic (exact) mass is 451 g/mol. The quantitative estimate of drug-likeness (QED) is 0.440. The number of fused-ring (bicyclic) bond motifs is 1. The number of para-hydroxylation sites is 2. The Bertz CT molecular complexity index is 1350. The predicted molar refractivity (Wildman–Crippen MR) is 124 cm³/mol. The van der Waals surface area contributed by atoms with Crippen LogP contribution in [-0.4, -0.2) is 32.2 Å². The van der Waals surface area contributed by atoms with Gasteiger partial charge in [0, 0.05) is 13.1 Å². The number of ether oxygens (including phenoxy) is 2. The zero-order chi connectivity index (χ0) is 22.7. The minimum absolute atomic E-state index is 0.144. The number of nitrogens with zero attached hydrogens (tertiary/aromatic N) is 2. The van der Waals surface area contributed by atoms with E-state index >= 15 is 0 Å². The van der Waals surface area contributed by atoms with Crippen LogP contribution < -0.4 is 14.2 Å². The van der Waals surface area contributed by atoms with E-state index in [0.717, 1.165) is 28.0 Å². The highest BCUT2D eigenvalue weighted by Gasteiger charge is 2.15. The van der Waals surface area contributed by atoms with E-state index in [1.165, 1.54) is 0 Å². The maximum atomic E-state index is 12.8. The third-order valence-corrected chi connectivity index (χ3v) is 6.75. The van der Waals surface area contributed by atoms with Crippen molar-refractivity contribution in [3.8, 4) is 11.5 Å². The van der Waals surface area contributed by atoms with E-state index in [-0.39, 0.29) is 11.4 Å². The largest absolute Gasteiger partial charge is 0.493 e. The molecule has 166 valence electrons. The molecular formula is C24H25N3O4S. The second-order valence-electron chi connectivity index (χ2n) is 7.39. The van der Waals surface area contributed by atoms with Gasteiger partial charge < -0.3 is 14.0 Å². The number of nitrogens with one attached hydrogen (secondary N) is 1. The molecule has 8 heteroatoms. The van der Waals surface area contributed by atoms with E-state index in [9.17, 15) is 8.42 Å². The summed E-state index contributed by atoms with van der Waals surface area (Å²) < 4.78 is 40.8. The second-order valence-corrected chi connectivity index (χ2v) is 9.16. The fourth-order valence-corrected chi connectivity index (χ4v) is 4.62. The number of benzene rings is 3. The standard InChI is InChI=1S/C24H25N3O4S/c1-17-26-21-6-4-5-7-22(21)27(17)16-18-8-11-20(12-9-18)32(28,29)25-15-19-10-13-23(30-2)24(14-19)31-3/h4-14,25H,15-16H2,1-3H3. The maximum Gasteiger partial charge on any atom is 0.240 e. The van der Waals surface area contributed by atoms with Crippen molar-refractivity contribution in [2.24, 2.45) is 0 Å². The molecule has 0 atom stereocenters. The second kappa shape index (κ2) is 9.02. The van der Waals surface area contributed by atoms with Gasteiger partial charge in [-0.2, -0.15) is 0 Å². The maximum absolute atomic E-state index is 12.8. The van der Waals surface area contributed by atoms with Crippen LogP contribution in [0.3, 0.4) is 0 Å². The van der Waals surface area contributed by atoms with E-state index < -0.39 is 10.0 Å². The van der Waals surface area contributed by atoms with Crippen LogP contribution in [0.25, 0.3) is 11.0 Å². The molecule has 32 heavy (non-hydrogen) atoms. The molecule has 0 saturated carbocycles. The van der Waals surface area contributed by atoms with Crippen LogP contribution in [0.5, 0.6) is 11.5 Å². The van der Waals surface area contributed by atoms with E-state index in [4.69, 9.17) is 9.47 Å². The highest BCUT2D eigenvalue weighted by Crippen LogP contribution is 2.27. The van der Waals surface area contributed by atoms with Crippen LogP contribution in [0, 0.1) is 6.92 Å². The van der Waals surface area contributed by atoms with Crippen LogP contribution >= 0.6 is 0 Å². The lowest BCUT2D eigenvalue weighted by Crippen LogP contribution is -2.23. The highest BCUT2D eigenvalue weighted by molar-refractivity contribution is 7.89. The topological polar surface area (TPSA) is 82.5 Å². The van der Waals surface area contributed by atoms with Crippen molar-refractivity contribution in [3.63, 3.8) is 0 Å². The van der Waals surface area contributed by atoms with Crippen molar-refractivity contribution in [1.82, 2.24) is 14.3 Å². The number of aromatic nitrogens is 2. The molecule has 0 bridgehead atoms. The zero-order valence-electron chi connectivity index (χ0n) is 18.2. The lowest BCUT2D eigenvalue weighted by molar-refractivity contribution is 0.354.